The number of methoxy groups -OCH3 is 1. The maximum Gasteiger partial charge on any atom is 0.0907 e. The minimum absolute atomic E-state index is 0.113. The van der Waals surface area contributed by atoms with Crippen LogP contribution in [0.5, 0.6) is 0 Å². The lowest BCUT2D eigenvalue weighted by atomic mass is 9.94. The molecule has 139 valence electrons. The summed E-state index contributed by atoms with van der Waals surface area (Å²) in [6.45, 7) is 0. The van der Waals surface area contributed by atoms with Crippen molar-refractivity contribution in [2.24, 2.45) is 0 Å². The number of rotatable bonds is 6. The minimum Gasteiger partial charge on any atom is -0.376 e. The monoisotopic (exact) mass is 447 g/mol. The standard InChI is InChI=1S/C25H21BrOP/c1-27-25(21-16-10-17-23(21)26)22-15-8-9-18-24(22)28(19-11-4-2-5-12-19)20-13-6-3-7-14-20/h2-18,25H,1H3/t25-/m1/s1. The van der Waals surface area contributed by atoms with Crippen molar-refractivity contribution in [1.82, 2.24) is 0 Å². The topological polar surface area (TPSA) is 9.23 Å². The van der Waals surface area contributed by atoms with E-state index in [2.05, 4.69) is 120 Å². The molecule has 0 N–H and O–H groups in total. The molecule has 1 saturated carbocycles. The van der Waals surface area contributed by atoms with Gasteiger partial charge in [-0.1, -0.05) is 101 Å². The molecule has 0 bridgehead atoms. The number of halogens is 1. The normalized spacial score (nSPS) is 16.5. The Kier molecular flexibility index (Phi) is 6.62. The van der Waals surface area contributed by atoms with Crippen LogP contribution in [-0.4, -0.2) is 7.11 Å². The Labute approximate surface area is 178 Å². The van der Waals surface area contributed by atoms with Gasteiger partial charge in [0.25, 0.3) is 0 Å². The van der Waals surface area contributed by atoms with Gasteiger partial charge in [-0.25, -0.2) is 0 Å². The first-order chi connectivity index (χ1) is 13.8. The molecule has 0 unspecified atom stereocenters. The molecule has 0 amide bonds. The highest BCUT2D eigenvalue weighted by atomic mass is 79.9. The van der Waals surface area contributed by atoms with Crippen molar-refractivity contribution in [2.75, 3.05) is 7.11 Å². The second kappa shape index (κ2) is 9.35. The van der Waals surface area contributed by atoms with Gasteiger partial charge in [0.15, 0.2) is 0 Å². The lowest BCUT2D eigenvalue weighted by molar-refractivity contribution is 0.121. The van der Waals surface area contributed by atoms with Gasteiger partial charge in [0.2, 0.25) is 0 Å². The minimum atomic E-state index is -0.686. The van der Waals surface area contributed by atoms with Crippen molar-refractivity contribution in [3.63, 3.8) is 0 Å². The molecule has 28 heavy (non-hydrogen) atoms. The molecule has 4 rings (SSSR count). The molecule has 5 radical (unpaired) electrons. The molecular weight excluding hydrogens is 427 g/mol. The Morgan fingerprint density at radius 2 is 1.32 bits per heavy atom. The summed E-state index contributed by atoms with van der Waals surface area (Å²) < 4.78 is 6.00. The van der Waals surface area contributed by atoms with Gasteiger partial charge < -0.3 is 4.74 Å². The molecule has 1 nitrogen and oxygen atoms in total. The SMILES string of the molecule is CO[C@H]([C]1[CH][CH][CH][C]1Br)c1ccccc1P(c1ccccc1)c1ccccc1. The summed E-state index contributed by atoms with van der Waals surface area (Å²) in [6, 6.07) is 30.3. The zero-order valence-electron chi connectivity index (χ0n) is 15.6. The molecule has 1 atom stereocenters. The zero-order valence-corrected chi connectivity index (χ0v) is 18.1. The Balaban J connectivity index is 1.84. The van der Waals surface area contributed by atoms with Crippen LogP contribution in [0.2, 0.25) is 0 Å². The average molecular weight is 448 g/mol. The van der Waals surface area contributed by atoms with Crippen LogP contribution in [0.4, 0.5) is 0 Å². The molecular formula is C25H21BrOP. The van der Waals surface area contributed by atoms with E-state index < -0.39 is 7.92 Å². The van der Waals surface area contributed by atoms with Gasteiger partial charge in [-0.3, -0.25) is 0 Å². The van der Waals surface area contributed by atoms with Gasteiger partial charge >= 0.3 is 0 Å². The highest BCUT2D eigenvalue weighted by molar-refractivity contribution is 9.11. The Morgan fingerprint density at radius 3 is 1.86 bits per heavy atom. The molecule has 0 spiro atoms. The van der Waals surface area contributed by atoms with Crippen LogP contribution in [0.1, 0.15) is 11.7 Å². The van der Waals surface area contributed by atoms with E-state index in [1.807, 2.05) is 0 Å². The fraction of sp³-hybridized carbons (Fsp3) is 0.0800. The van der Waals surface area contributed by atoms with Crippen LogP contribution in [0.25, 0.3) is 0 Å². The van der Waals surface area contributed by atoms with Crippen LogP contribution in [0, 0.1) is 30.0 Å². The molecule has 3 aromatic carbocycles. The second-order valence-corrected chi connectivity index (χ2v) is 9.55. The fourth-order valence-electron chi connectivity index (χ4n) is 3.54. The lowest BCUT2D eigenvalue weighted by Crippen LogP contribution is -2.27. The van der Waals surface area contributed by atoms with E-state index in [1.165, 1.54) is 21.5 Å². The van der Waals surface area contributed by atoms with Gasteiger partial charge in [-0.05, 0) is 48.7 Å². The van der Waals surface area contributed by atoms with Crippen molar-refractivity contribution in [3.05, 3.63) is 121 Å². The van der Waals surface area contributed by atoms with E-state index in [1.54, 1.807) is 7.11 Å². The highest BCUT2D eigenvalue weighted by Crippen LogP contribution is 2.48. The second-order valence-electron chi connectivity index (χ2n) is 6.51. The van der Waals surface area contributed by atoms with E-state index in [0.29, 0.717) is 0 Å². The van der Waals surface area contributed by atoms with Crippen molar-refractivity contribution >= 4 is 39.8 Å². The largest absolute Gasteiger partial charge is 0.376 e. The van der Waals surface area contributed by atoms with Crippen molar-refractivity contribution in [2.45, 2.75) is 6.10 Å². The number of ether oxygens (including phenoxy) is 1. The molecule has 1 aliphatic carbocycles. The molecule has 0 heterocycles. The molecule has 3 heteroatoms. The van der Waals surface area contributed by atoms with Gasteiger partial charge in [-0.2, -0.15) is 0 Å². The molecule has 0 aliphatic heterocycles. The summed E-state index contributed by atoms with van der Waals surface area (Å²) in [5.74, 6) is 1.16. The molecule has 0 saturated heterocycles. The third-order valence-electron chi connectivity index (χ3n) is 4.80. The summed E-state index contributed by atoms with van der Waals surface area (Å²) >= 11 is 3.68. The molecule has 3 aromatic rings. The first-order valence-electron chi connectivity index (χ1n) is 9.22. The van der Waals surface area contributed by atoms with E-state index in [9.17, 15) is 0 Å². The van der Waals surface area contributed by atoms with E-state index in [4.69, 9.17) is 4.74 Å². The molecule has 0 aromatic heterocycles. The number of benzene rings is 3. The molecule has 1 fully saturated rings. The Morgan fingerprint density at radius 1 is 0.750 bits per heavy atom. The average Bonchev–Trinajstić information content (AvgIpc) is 3.17. The van der Waals surface area contributed by atoms with Crippen LogP contribution in [0.15, 0.2) is 84.9 Å². The summed E-state index contributed by atoms with van der Waals surface area (Å²) in [6.07, 6.45) is 6.15. The van der Waals surface area contributed by atoms with Gasteiger partial charge in [0.05, 0.1) is 10.9 Å². The van der Waals surface area contributed by atoms with Gasteiger partial charge in [0.1, 0.15) is 0 Å². The van der Waals surface area contributed by atoms with Crippen molar-refractivity contribution in [3.8, 4) is 0 Å². The maximum atomic E-state index is 6.00. The Hall–Kier alpha value is -1.47. The van der Waals surface area contributed by atoms with E-state index in [0.717, 1.165) is 10.7 Å². The summed E-state index contributed by atoms with van der Waals surface area (Å²) in [5.41, 5.74) is 1.22. The Bertz CT molecular complexity index is 844. The first-order valence-corrected chi connectivity index (χ1v) is 11.4. The predicted octanol–water partition coefficient (Wildman–Crippen LogP) is 5.26. The number of hydrogen-bond donors (Lipinski definition) is 0. The third kappa shape index (κ3) is 4.10. The van der Waals surface area contributed by atoms with Gasteiger partial charge in [0, 0.05) is 13.0 Å². The fourth-order valence-corrected chi connectivity index (χ4v) is 6.51. The highest BCUT2D eigenvalue weighted by Gasteiger charge is 2.37. The first kappa shape index (κ1) is 19.8. The van der Waals surface area contributed by atoms with Crippen LogP contribution in [-0.2, 0) is 4.74 Å². The summed E-state index contributed by atoms with van der Waals surface area (Å²) in [7, 11) is 1.10. The zero-order chi connectivity index (χ0) is 19.3. The van der Waals surface area contributed by atoms with Gasteiger partial charge in [-0.15, -0.1) is 0 Å². The van der Waals surface area contributed by atoms with Crippen molar-refractivity contribution < 1.29 is 4.74 Å². The number of hydrogen-bond acceptors (Lipinski definition) is 1. The summed E-state index contributed by atoms with van der Waals surface area (Å²) in [5, 5.41) is 4.01. The predicted molar refractivity (Wildman–Crippen MR) is 123 cm³/mol. The third-order valence-corrected chi connectivity index (χ3v) is 8.04. The smallest absolute Gasteiger partial charge is 0.0907 e. The van der Waals surface area contributed by atoms with Crippen molar-refractivity contribution in [1.29, 1.82) is 0 Å². The molecule has 1 aliphatic rings. The van der Waals surface area contributed by atoms with Crippen LogP contribution < -0.4 is 15.9 Å². The maximum absolute atomic E-state index is 6.00. The van der Waals surface area contributed by atoms with Crippen LogP contribution >= 0.6 is 23.9 Å². The van der Waals surface area contributed by atoms with E-state index >= 15 is 0 Å². The summed E-state index contributed by atoms with van der Waals surface area (Å²) in [4.78, 5) is 1.08. The van der Waals surface area contributed by atoms with E-state index in [-0.39, 0.29) is 6.10 Å². The lowest BCUT2D eigenvalue weighted by Gasteiger charge is -2.29. The van der Waals surface area contributed by atoms with Crippen LogP contribution in [0.3, 0.4) is 0 Å². The quantitative estimate of drug-likeness (QED) is 0.468.